The van der Waals surface area contributed by atoms with E-state index in [-0.39, 0.29) is 6.10 Å². The fraction of sp³-hybridized carbons (Fsp3) is 0.577. The van der Waals surface area contributed by atoms with Crippen LogP contribution >= 0.6 is 0 Å². The molecule has 0 amide bonds. The van der Waals surface area contributed by atoms with Gasteiger partial charge in [0.05, 0.1) is 22.8 Å². The van der Waals surface area contributed by atoms with Crippen molar-refractivity contribution in [1.29, 1.82) is 0 Å². The summed E-state index contributed by atoms with van der Waals surface area (Å²) in [4.78, 5) is 10.8. The van der Waals surface area contributed by atoms with Crippen LogP contribution in [0.4, 0.5) is 0 Å². The van der Waals surface area contributed by atoms with Crippen molar-refractivity contribution in [2.75, 3.05) is 13.7 Å². The van der Waals surface area contributed by atoms with E-state index < -0.39 is 0 Å². The zero-order valence-electron chi connectivity index (χ0n) is 18.9. The number of fused-ring (bicyclic) bond motifs is 1. The van der Waals surface area contributed by atoms with Gasteiger partial charge in [-0.05, 0) is 67.9 Å². The highest BCUT2D eigenvalue weighted by molar-refractivity contribution is 6.04. The first-order valence-corrected chi connectivity index (χ1v) is 12.0. The van der Waals surface area contributed by atoms with E-state index in [1.54, 1.807) is 0 Å². The second-order valence-corrected chi connectivity index (χ2v) is 8.85. The fourth-order valence-electron chi connectivity index (χ4n) is 5.05. The van der Waals surface area contributed by atoms with E-state index >= 15 is 0 Å². The maximum atomic E-state index is 6.26. The summed E-state index contributed by atoms with van der Waals surface area (Å²) in [6, 6.07) is 4.17. The molecule has 4 heteroatoms. The summed E-state index contributed by atoms with van der Waals surface area (Å²) in [5, 5.41) is 0. The number of ether oxygens (including phenoxy) is 1. The summed E-state index contributed by atoms with van der Waals surface area (Å²) < 4.78 is 6.26. The van der Waals surface area contributed by atoms with Gasteiger partial charge >= 0.3 is 0 Å². The molecule has 0 saturated heterocycles. The maximum absolute atomic E-state index is 6.26. The Morgan fingerprint density at radius 1 is 1.20 bits per heavy atom. The molecule has 0 radical (unpaired) electrons. The second kappa shape index (κ2) is 9.82. The summed E-state index contributed by atoms with van der Waals surface area (Å²) in [7, 11) is 2.15. The summed E-state index contributed by atoms with van der Waals surface area (Å²) in [5.74, 6) is 0.685. The van der Waals surface area contributed by atoms with Crippen molar-refractivity contribution in [3.63, 3.8) is 0 Å². The molecule has 3 heterocycles. The molecule has 4 rings (SSSR count). The van der Waals surface area contributed by atoms with Crippen molar-refractivity contribution in [3.8, 4) is 0 Å². The van der Waals surface area contributed by atoms with Gasteiger partial charge in [0.25, 0.3) is 0 Å². The average Bonchev–Trinajstić information content (AvgIpc) is 3.48. The quantitative estimate of drug-likeness (QED) is 0.477. The number of aromatic nitrogens is 1. The molecular weight excluding hydrogens is 370 g/mol. The third kappa shape index (κ3) is 4.34. The van der Waals surface area contributed by atoms with E-state index in [0.29, 0.717) is 5.92 Å². The predicted octanol–water partition coefficient (Wildman–Crippen LogP) is 6.46. The molecule has 162 valence electrons. The van der Waals surface area contributed by atoms with Gasteiger partial charge in [0.2, 0.25) is 0 Å². The van der Waals surface area contributed by atoms with Crippen molar-refractivity contribution < 1.29 is 4.74 Å². The number of likely N-dealkylation sites (N-methyl/N-ethyl adjacent to an activating group) is 1. The number of hydrogen-bond donors (Lipinski definition) is 1. The van der Waals surface area contributed by atoms with Crippen molar-refractivity contribution in [1.82, 2.24) is 9.88 Å². The number of unbranched alkanes of at least 4 members (excludes halogenated alkanes) is 3. The first kappa shape index (κ1) is 21.2. The van der Waals surface area contributed by atoms with Crippen LogP contribution in [-0.2, 0) is 4.74 Å². The molecule has 30 heavy (non-hydrogen) atoms. The molecule has 4 nitrogen and oxygen atoms in total. The van der Waals surface area contributed by atoms with Crippen LogP contribution in [0, 0.1) is 5.92 Å². The number of hydrogen-bond acceptors (Lipinski definition) is 3. The van der Waals surface area contributed by atoms with E-state index in [9.17, 15) is 0 Å². The van der Waals surface area contributed by atoms with E-state index in [2.05, 4.69) is 49.0 Å². The van der Waals surface area contributed by atoms with Gasteiger partial charge in [-0.1, -0.05) is 39.5 Å². The van der Waals surface area contributed by atoms with Crippen LogP contribution in [0.5, 0.6) is 0 Å². The van der Waals surface area contributed by atoms with E-state index in [4.69, 9.17) is 9.73 Å². The highest BCUT2D eigenvalue weighted by atomic mass is 16.5. The fourth-order valence-corrected chi connectivity index (χ4v) is 5.05. The lowest BCUT2D eigenvalue weighted by Crippen LogP contribution is -2.21. The molecular formula is C26H37N3O. The Balaban J connectivity index is 1.60. The first-order chi connectivity index (χ1) is 14.7. The molecule has 1 aliphatic carbocycles. The third-order valence-electron chi connectivity index (χ3n) is 6.63. The van der Waals surface area contributed by atoms with Gasteiger partial charge in [-0.15, -0.1) is 0 Å². The monoisotopic (exact) mass is 407 g/mol. The minimum absolute atomic E-state index is 0.0346. The van der Waals surface area contributed by atoms with Gasteiger partial charge in [0.1, 0.15) is 6.10 Å². The minimum atomic E-state index is -0.0346. The zero-order chi connectivity index (χ0) is 20.9. The van der Waals surface area contributed by atoms with Crippen LogP contribution < -0.4 is 0 Å². The maximum Gasteiger partial charge on any atom is 0.120 e. The van der Waals surface area contributed by atoms with Crippen LogP contribution in [0.25, 0.3) is 5.70 Å². The van der Waals surface area contributed by atoms with Gasteiger partial charge in [-0.25, -0.2) is 0 Å². The number of H-pyrrole nitrogens is 1. The lowest BCUT2D eigenvalue weighted by molar-refractivity contribution is 0.102. The first-order valence-electron chi connectivity index (χ1n) is 12.0. The van der Waals surface area contributed by atoms with Crippen LogP contribution in [0.2, 0.25) is 0 Å². The van der Waals surface area contributed by atoms with Crippen molar-refractivity contribution in [2.24, 2.45) is 10.9 Å². The van der Waals surface area contributed by atoms with E-state index in [1.165, 1.54) is 67.6 Å². The van der Waals surface area contributed by atoms with Crippen molar-refractivity contribution >= 4 is 11.4 Å². The largest absolute Gasteiger partial charge is 0.368 e. The predicted molar refractivity (Wildman–Crippen MR) is 125 cm³/mol. The number of nitrogens with one attached hydrogen (secondary N) is 1. The van der Waals surface area contributed by atoms with Crippen molar-refractivity contribution in [3.05, 3.63) is 53.1 Å². The summed E-state index contributed by atoms with van der Waals surface area (Å²) >= 11 is 0. The standard InChI is InChI=1S/C26H37N3O/c1-4-6-7-8-11-19-12-9-13-21-20(19)17-23(28-21)26-25(30-16-5-2)18-24(29(26)3)22-14-10-15-27-22/h10,14-15,17-19,25,27H,4-9,11-13,16H2,1-3H3. The van der Waals surface area contributed by atoms with E-state index in [0.717, 1.165) is 30.8 Å². The normalized spacial score (nSPS) is 26.0. The molecule has 0 bridgehead atoms. The molecule has 0 aromatic carbocycles. The molecule has 1 aromatic rings. The number of nitrogens with zero attached hydrogens (tertiary/aromatic N) is 2. The number of allylic oxidation sites excluding steroid dienone is 2. The Morgan fingerprint density at radius 2 is 2.10 bits per heavy atom. The summed E-state index contributed by atoms with van der Waals surface area (Å²) in [5.41, 5.74) is 7.45. The molecule has 1 saturated carbocycles. The minimum Gasteiger partial charge on any atom is -0.368 e. The number of aliphatic imine (C=N–C) groups is 1. The molecule has 3 aliphatic rings. The van der Waals surface area contributed by atoms with Crippen LogP contribution in [0.15, 0.2) is 52.4 Å². The Morgan fingerprint density at radius 3 is 2.87 bits per heavy atom. The van der Waals surface area contributed by atoms with Crippen molar-refractivity contribution in [2.45, 2.75) is 77.7 Å². The summed E-state index contributed by atoms with van der Waals surface area (Å²) in [6.07, 6.45) is 18.0. The third-order valence-corrected chi connectivity index (χ3v) is 6.63. The Hall–Kier alpha value is -2.07. The van der Waals surface area contributed by atoms with Crippen LogP contribution in [0.3, 0.4) is 0 Å². The Labute approximate surface area is 181 Å². The highest BCUT2D eigenvalue weighted by Gasteiger charge is 2.34. The number of aromatic amines is 1. The van der Waals surface area contributed by atoms with Gasteiger partial charge in [-0.2, -0.15) is 0 Å². The Bertz CT molecular complexity index is 844. The average molecular weight is 408 g/mol. The lowest BCUT2D eigenvalue weighted by atomic mass is 9.80. The number of rotatable bonds is 9. The molecule has 2 atom stereocenters. The summed E-state index contributed by atoms with van der Waals surface area (Å²) in [6.45, 7) is 5.21. The van der Waals surface area contributed by atoms with Gasteiger partial charge in [0.15, 0.2) is 0 Å². The zero-order valence-corrected chi connectivity index (χ0v) is 18.9. The molecule has 0 spiro atoms. The lowest BCUT2D eigenvalue weighted by Gasteiger charge is -2.24. The van der Waals surface area contributed by atoms with Gasteiger partial charge in [0, 0.05) is 25.6 Å². The second-order valence-electron chi connectivity index (χ2n) is 8.85. The SMILES string of the molecule is CCCCCCC1CCCC2=NC(=C3C(OCCC)C=C(c4ccc[nH]4)N3C)C=C21. The van der Waals surface area contributed by atoms with Gasteiger partial charge < -0.3 is 14.6 Å². The molecule has 1 N–H and O–H groups in total. The smallest absolute Gasteiger partial charge is 0.120 e. The van der Waals surface area contributed by atoms with E-state index in [1.807, 2.05) is 12.3 Å². The molecule has 1 aromatic heterocycles. The highest BCUT2D eigenvalue weighted by Crippen LogP contribution is 2.41. The topological polar surface area (TPSA) is 40.6 Å². The Kier molecular flexibility index (Phi) is 6.93. The van der Waals surface area contributed by atoms with Crippen LogP contribution in [0.1, 0.15) is 77.3 Å². The van der Waals surface area contributed by atoms with Crippen LogP contribution in [-0.4, -0.2) is 35.4 Å². The molecule has 1 fully saturated rings. The van der Waals surface area contributed by atoms with Gasteiger partial charge in [-0.3, -0.25) is 4.99 Å². The molecule has 2 unspecified atom stereocenters. The molecule has 2 aliphatic heterocycles.